The molecule has 0 bridgehead atoms. The molecule has 1 aliphatic heterocycles. The van der Waals surface area contributed by atoms with Gasteiger partial charge in [0.2, 0.25) is 0 Å². The van der Waals surface area contributed by atoms with Gasteiger partial charge in [0.25, 0.3) is 0 Å². The fourth-order valence-corrected chi connectivity index (χ4v) is 3.11. The fourth-order valence-electron chi connectivity index (χ4n) is 3.11. The lowest BCUT2D eigenvalue weighted by atomic mass is 9.93. The van der Waals surface area contributed by atoms with Gasteiger partial charge in [0.05, 0.1) is 6.61 Å². The van der Waals surface area contributed by atoms with E-state index in [1.165, 1.54) is 18.5 Å². The van der Waals surface area contributed by atoms with Crippen LogP contribution in [0.3, 0.4) is 0 Å². The van der Waals surface area contributed by atoms with Gasteiger partial charge < -0.3 is 10.1 Å². The molecule has 2 rings (SSSR count). The average Bonchev–Trinajstić information content (AvgIpc) is 2.78. The van der Waals surface area contributed by atoms with E-state index in [0.29, 0.717) is 18.0 Å². The summed E-state index contributed by atoms with van der Waals surface area (Å²) in [6.45, 7) is 9.44. The highest BCUT2D eigenvalue weighted by molar-refractivity contribution is 5.31. The summed E-state index contributed by atoms with van der Waals surface area (Å²) in [5.41, 5.74) is 1.38. The van der Waals surface area contributed by atoms with Crippen molar-refractivity contribution in [3.05, 3.63) is 29.8 Å². The normalized spacial score (nSPS) is 23.4. The summed E-state index contributed by atoms with van der Waals surface area (Å²) >= 11 is 0. The second-order valence-corrected chi connectivity index (χ2v) is 6.04. The van der Waals surface area contributed by atoms with Crippen molar-refractivity contribution in [2.24, 2.45) is 5.92 Å². The van der Waals surface area contributed by atoms with Crippen molar-refractivity contribution >= 4 is 0 Å². The van der Waals surface area contributed by atoms with Crippen molar-refractivity contribution < 1.29 is 4.74 Å². The van der Waals surface area contributed by atoms with E-state index in [-0.39, 0.29) is 0 Å². The Bertz CT molecular complexity index is 419. The van der Waals surface area contributed by atoms with Crippen LogP contribution in [0.1, 0.15) is 38.8 Å². The van der Waals surface area contributed by atoms with Crippen LogP contribution >= 0.6 is 0 Å². The maximum atomic E-state index is 5.64. The number of ether oxygens (including phenoxy) is 1. The molecular weight excluding hydrogens is 248 g/mol. The Hall–Kier alpha value is -1.06. The van der Waals surface area contributed by atoms with Crippen LogP contribution in [-0.2, 0) is 0 Å². The number of benzene rings is 1. The van der Waals surface area contributed by atoms with Crippen LogP contribution in [0, 0.1) is 5.92 Å². The molecule has 0 amide bonds. The Labute approximate surface area is 123 Å². The van der Waals surface area contributed by atoms with Gasteiger partial charge in [0.1, 0.15) is 5.75 Å². The lowest BCUT2D eigenvalue weighted by Gasteiger charge is -2.27. The summed E-state index contributed by atoms with van der Waals surface area (Å²) in [7, 11) is 2.23. The molecule has 0 spiro atoms. The van der Waals surface area contributed by atoms with E-state index < -0.39 is 0 Å². The van der Waals surface area contributed by atoms with Crippen LogP contribution in [0.2, 0.25) is 0 Å². The predicted octanol–water partition coefficient (Wildman–Crippen LogP) is 3.08. The summed E-state index contributed by atoms with van der Waals surface area (Å²) in [6.07, 6.45) is 1.26. The molecular formula is C17H28N2O. The molecule has 20 heavy (non-hydrogen) atoms. The number of rotatable bonds is 6. The summed E-state index contributed by atoms with van der Waals surface area (Å²) in [6, 6.07) is 9.65. The molecule has 1 aromatic rings. The first-order valence-corrected chi connectivity index (χ1v) is 7.78. The molecule has 0 saturated carbocycles. The Morgan fingerprint density at radius 1 is 1.40 bits per heavy atom. The molecule has 1 aromatic carbocycles. The van der Waals surface area contributed by atoms with Crippen molar-refractivity contribution in [2.45, 2.75) is 39.3 Å². The molecule has 2 unspecified atom stereocenters. The van der Waals surface area contributed by atoms with E-state index in [1.807, 2.05) is 13.0 Å². The number of hydrogen-bond donors (Lipinski definition) is 1. The van der Waals surface area contributed by atoms with Crippen molar-refractivity contribution in [3.63, 3.8) is 0 Å². The maximum absolute atomic E-state index is 5.64. The van der Waals surface area contributed by atoms with Gasteiger partial charge in [-0.25, -0.2) is 0 Å². The van der Waals surface area contributed by atoms with E-state index >= 15 is 0 Å². The molecule has 0 radical (unpaired) electrons. The summed E-state index contributed by atoms with van der Waals surface area (Å²) in [5, 5.41) is 3.59. The molecule has 1 saturated heterocycles. The Morgan fingerprint density at radius 3 is 2.90 bits per heavy atom. The minimum Gasteiger partial charge on any atom is -0.494 e. The second-order valence-electron chi connectivity index (χ2n) is 6.04. The zero-order valence-electron chi connectivity index (χ0n) is 13.2. The van der Waals surface area contributed by atoms with E-state index in [0.717, 1.165) is 18.9 Å². The van der Waals surface area contributed by atoms with Gasteiger partial charge in [0, 0.05) is 18.6 Å². The van der Waals surface area contributed by atoms with Gasteiger partial charge in [-0.1, -0.05) is 26.0 Å². The van der Waals surface area contributed by atoms with E-state index in [9.17, 15) is 0 Å². The van der Waals surface area contributed by atoms with Gasteiger partial charge in [-0.05, 0) is 50.6 Å². The van der Waals surface area contributed by atoms with Crippen molar-refractivity contribution in [2.75, 3.05) is 26.7 Å². The first-order valence-electron chi connectivity index (χ1n) is 7.78. The number of hydrogen-bond acceptors (Lipinski definition) is 3. The van der Waals surface area contributed by atoms with Gasteiger partial charge in [-0.2, -0.15) is 0 Å². The monoisotopic (exact) mass is 276 g/mol. The molecule has 1 N–H and O–H groups in total. The molecule has 0 aromatic heterocycles. The zero-order valence-corrected chi connectivity index (χ0v) is 13.2. The molecule has 1 fully saturated rings. The lowest BCUT2D eigenvalue weighted by molar-refractivity contribution is 0.268. The molecule has 0 aliphatic carbocycles. The number of likely N-dealkylation sites (tertiary alicyclic amines) is 1. The number of nitrogens with one attached hydrogen (secondary N) is 1. The van der Waals surface area contributed by atoms with Crippen LogP contribution in [0.4, 0.5) is 0 Å². The first kappa shape index (κ1) is 15.3. The second kappa shape index (κ2) is 7.09. The molecule has 3 heteroatoms. The highest BCUT2D eigenvalue weighted by Crippen LogP contribution is 2.36. The third kappa shape index (κ3) is 3.74. The number of nitrogens with zero attached hydrogens (tertiary/aromatic N) is 1. The smallest absolute Gasteiger partial charge is 0.119 e. The quantitative estimate of drug-likeness (QED) is 0.864. The minimum atomic E-state index is 0.502. The SMILES string of the molecule is CCOc1cccc(C2C(CNC(C)C)CCN2C)c1. The highest BCUT2D eigenvalue weighted by atomic mass is 16.5. The Morgan fingerprint density at radius 2 is 2.20 bits per heavy atom. The molecule has 112 valence electrons. The molecule has 3 nitrogen and oxygen atoms in total. The minimum absolute atomic E-state index is 0.502. The van der Waals surface area contributed by atoms with E-state index in [1.54, 1.807) is 0 Å². The van der Waals surface area contributed by atoms with Crippen molar-refractivity contribution in [1.29, 1.82) is 0 Å². The van der Waals surface area contributed by atoms with Crippen LogP contribution in [0.25, 0.3) is 0 Å². The average molecular weight is 276 g/mol. The standard InChI is InChI=1S/C17H28N2O/c1-5-20-16-8-6-7-14(11-16)17-15(9-10-19(17)4)12-18-13(2)3/h6-8,11,13,15,17-18H,5,9-10,12H2,1-4H3. The van der Waals surface area contributed by atoms with E-state index in [2.05, 4.69) is 49.3 Å². The summed E-state index contributed by atoms with van der Waals surface area (Å²) in [5.74, 6) is 1.67. The van der Waals surface area contributed by atoms with E-state index in [4.69, 9.17) is 4.74 Å². The third-order valence-electron chi connectivity index (χ3n) is 4.07. The van der Waals surface area contributed by atoms with Crippen LogP contribution in [0.5, 0.6) is 5.75 Å². The lowest BCUT2D eigenvalue weighted by Crippen LogP contribution is -2.32. The zero-order chi connectivity index (χ0) is 14.5. The van der Waals surface area contributed by atoms with Crippen LogP contribution in [0.15, 0.2) is 24.3 Å². The fraction of sp³-hybridized carbons (Fsp3) is 0.647. The predicted molar refractivity (Wildman–Crippen MR) is 84.2 cm³/mol. The highest BCUT2D eigenvalue weighted by Gasteiger charge is 2.32. The Balaban J connectivity index is 2.12. The van der Waals surface area contributed by atoms with Gasteiger partial charge in [-0.15, -0.1) is 0 Å². The largest absolute Gasteiger partial charge is 0.494 e. The molecule has 1 aliphatic rings. The summed E-state index contributed by atoms with van der Waals surface area (Å²) < 4.78 is 5.64. The van der Waals surface area contributed by atoms with Gasteiger partial charge >= 0.3 is 0 Å². The van der Waals surface area contributed by atoms with Crippen molar-refractivity contribution in [3.8, 4) is 5.75 Å². The summed E-state index contributed by atoms with van der Waals surface area (Å²) in [4.78, 5) is 2.47. The third-order valence-corrected chi connectivity index (χ3v) is 4.07. The van der Waals surface area contributed by atoms with Crippen molar-refractivity contribution in [1.82, 2.24) is 10.2 Å². The topological polar surface area (TPSA) is 24.5 Å². The van der Waals surface area contributed by atoms with Crippen LogP contribution in [-0.4, -0.2) is 37.7 Å². The molecule has 2 atom stereocenters. The van der Waals surface area contributed by atoms with Gasteiger partial charge in [0.15, 0.2) is 0 Å². The van der Waals surface area contributed by atoms with Gasteiger partial charge in [-0.3, -0.25) is 4.90 Å². The molecule has 1 heterocycles. The Kier molecular flexibility index (Phi) is 5.44. The van der Waals surface area contributed by atoms with Crippen LogP contribution < -0.4 is 10.1 Å². The maximum Gasteiger partial charge on any atom is 0.119 e. The first-order chi connectivity index (χ1) is 9.61.